The van der Waals surface area contributed by atoms with Gasteiger partial charge in [-0.25, -0.2) is 0 Å². The van der Waals surface area contributed by atoms with Crippen LogP contribution in [0.15, 0.2) is 109 Å². The van der Waals surface area contributed by atoms with Crippen molar-refractivity contribution in [3.05, 3.63) is 109 Å². The summed E-state index contributed by atoms with van der Waals surface area (Å²) in [7, 11) is 0. The third-order valence-electron chi connectivity index (χ3n) is 6.39. The van der Waals surface area contributed by atoms with E-state index in [0.29, 0.717) is 0 Å². The van der Waals surface area contributed by atoms with E-state index >= 15 is 0 Å². The molecule has 0 aliphatic rings. The van der Waals surface area contributed by atoms with E-state index in [4.69, 9.17) is 4.98 Å². The van der Waals surface area contributed by atoms with E-state index in [2.05, 4.69) is 101 Å². The first-order valence-corrected chi connectivity index (χ1v) is 10.6. The molecule has 0 bridgehead atoms. The van der Waals surface area contributed by atoms with Crippen LogP contribution in [0, 0.1) is 0 Å². The molecule has 2 heteroatoms. The van der Waals surface area contributed by atoms with Crippen LogP contribution in [0.25, 0.3) is 60.5 Å². The van der Waals surface area contributed by atoms with Crippen molar-refractivity contribution in [2.75, 3.05) is 0 Å². The van der Waals surface area contributed by atoms with Gasteiger partial charge in [-0.05, 0) is 29.8 Å². The summed E-state index contributed by atoms with van der Waals surface area (Å²) >= 11 is 0. The highest BCUT2D eigenvalue weighted by molar-refractivity contribution is 6.23. The second-order valence-electron chi connectivity index (χ2n) is 8.08. The molecule has 4 aromatic carbocycles. The molecule has 0 amide bonds. The average molecular weight is 394 g/mol. The number of para-hydroxylation sites is 2. The quantitative estimate of drug-likeness (QED) is 0.296. The van der Waals surface area contributed by atoms with E-state index in [1.54, 1.807) is 0 Å². The SMILES string of the molecule is c1ccc(-c2ccc(-c3ccc4c(c3)c3cccc5c6ccccc6n4c53)nc2)cc1. The highest BCUT2D eigenvalue weighted by Crippen LogP contribution is 2.39. The van der Waals surface area contributed by atoms with E-state index in [1.807, 2.05) is 12.3 Å². The molecule has 3 heterocycles. The molecular weight excluding hydrogens is 376 g/mol. The van der Waals surface area contributed by atoms with Crippen molar-refractivity contribution in [2.45, 2.75) is 0 Å². The summed E-state index contributed by atoms with van der Waals surface area (Å²) in [5.74, 6) is 0. The molecule has 3 aromatic heterocycles. The van der Waals surface area contributed by atoms with Gasteiger partial charge in [0.05, 0.1) is 22.2 Å². The molecule has 2 nitrogen and oxygen atoms in total. The molecule has 144 valence electrons. The van der Waals surface area contributed by atoms with E-state index in [0.717, 1.165) is 16.8 Å². The Balaban J connectivity index is 1.44. The topological polar surface area (TPSA) is 17.3 Å². The summed E-state index contributed by atoms with van der Waals surface area (Å²) in [5, 5.41) is 5.20. The van der Waals surface area contributed by atoms with Crippen molar-refractivity contribution >= 4 is 38.1 Å². The summed E-state index contributed by atoms with van der Waals surface area (Å²) in [5.41, 5.74) is 8.29. The van der Waals surface area contributed by atoms with E-state index < -0.39 is 0 Å². The minimum Gasteiger partial charge on any atom is -0.308 e. The Hall–Kier alpha value is -4.17. The lowest BCUT2D eigenvalue weighted by Crippen LogP contribution is -1.86. The maximum Gasteiger partial charge on any atom is 0.0702 e. The molecule has 0 aliphatic heterocycles. The van der Waals surface area contributed by atoms with Crippen molar-refractivity contribution in [3.63, 3.8) is 0 Å². The number of rotatable bonds is 2. The van der Waals surface area contributed by atoms with Crippen LogP contribution < -0.4 is 0 Å². The monoisotopic (exact) mass is 394 g/mol. The Kier molecular flexibility index (Phi) is 3.30. The molecule has 7 rings (SSSR count). The van der Waals surface area contributed by atoms with Crippen molar-refractivity contribution < 1.29 is 0 Å². The standard InChI is InChI=1S/C29H18N2/c1-2-7-19(8-3-1)21-13-15-26(30-18-21)20-14-16-28-25(17-20)24-11-6-10-23-22-9-4-5-12-27(22)31(28)29(23)24/h1-18H. The van der Waals surface area contributed by atoms with Gasteiger partial charge in [-0.15, -0.1) is 0 Å². The molecule has 7 aromatic rings. The fraction of sp³-hybridized carbons (Fsp3) is 0. The largest absolute Gasteiger partial charge is 0.308 e. The molecular formula is C29H18N2. The summed E-state index contributed by atoms with van der Waals surface area (Å²) < 4.78 is 2.41. The Morgan fingerprint density at radius 2 is 1.19 bits per heavy atom. The second-order valence-corrected chi connectivity index (χ2v) is 8.08. The van der Waals surface area contributed by atoms with Crippen molar-refractivity contribution in [1.29, 1.82) is 0 Å². The van der Waals surface area contributed by atoms with Crippen LogP contribution in [-0.4, -0.2) is 9.38 Å². The highest BCUT2D eigenvalue weighted by atomic mass is 14.9. The second kappa shape index (κ2) is 6.16. The van der Waals surface area contributed by atoms with Gasteiger partial charge in [-0.2, -0.15) is 0 Å². The van der Waals surface area contributed by atoms with Crippen LogP contribution in [0.5, 0.6) is 0 Å². The molecule has 0 atom stereocenters. The van der Waals surface area contributed by atoms with Gasteiger partial charge in [-0.3, -0.25) is 4.98 Å². The number of benzene rings is 4. The third kappa shape index (κ3) is 2.30. The molecule has 0 saturated heterocycles. The summed E-state index contributed by atoms with van der Waals surface area (Å²) in [6, 6.07) is 36.7. The number of hydrogen-bond donors (Lipinski definition) is 0. The maximum absolute atomic E-state index is 4.78. The number of hydrogen-bond acceptors (Lipinski definition) is 1. The normalized spacial score (nSPS) is 11.9. The lowest BCUT2D eigenvalue weighted by Gasteiger charge is -2.05. The molecule has 0 radical (unpaired) electrons. The smallest absolute Gasteiger partial charge is 0.0702 e. The first kappa shape index (κ1) is 16.6. The molecule has 31 heavy (non-hydrogen) atoms. The van der Waals surface area contributed by atoms with Gasteiger partial charge < -0.3 is 4.40 Å². The average Bonchev–Trinajstić information content (AvgIpc) is 3.36. The Morgan fingerprint density at radius 1 is 0.484 bits per heavy atom. The number of fused-ring (bicyclic) bond motifs is 6. The van der Waals surface area contributed by atoms with E-state index in [-0.39, 0.29) is 0 Å². The van der Waals surface area contributed by atoms with Gasteiger partial charge in [0, 0.05) is 38.9 Å². The Morgan fingerprint density at radius 3 is 2.03 bits per heavy atom. The first-order chi connectivity index (χ1) is 15.4. The molecule has 0 saturated carbocycles. The fourth-order valence-electron chi connectivity index (χ4n) is 4.96. The molecule has 0 N–H and O–H groups in total. The Bertz CT molecular complexity index is 1710. The minimum atomic E-state index is 0.996. The lowest BCUT2D eigenvalue weighted by atomic mass is 10.0. The first-order valence-electron chi connectivity index (χ1n) is 10.6. The third-order valence-corrected chi connectivity index (χ3v) is 6.39. The van der Waals surface area contributed by atoms with Gasteiger partial charge in [0.1, 0.15) is 0 Å². The highest BCUT2D eigenvalue weighted by Gasteiger charge is 2.17. The maximum atomic E-state index is 4.78. The lowest BCUT2D eigenvalue weighted by molar-refractivity contribution is 1.32. The van der Waals surface area contributed by atoms with Crippen LogP contribution in [0.4, 0.5) is 0 Å². The van der Waals surface area contributed by atoms with Crippen molar-refractivity contribution in [3.8, 4) is 22.4 Å². The van der Waals surface area contributed by atoms with Gasteiger partial charge in [-0.1, -0.05) is 78.9 Å². The zero-order valence-electron chi connectivity index (χ0n) is 16.8. The van der Waals surface area contributed by atoms with E-state index in [1.165, 1.54) is 43.7 Å². The summed E-state index contributed by atoms with van der Waals surface area (Å²) in [6.45, 7) is 0. The van der Waals surface area contributed by atoms with E-state index in [9.17, 15) is 0 Å². The molecule has 0 aliphatic carbocycles. The summed E-state index contributed by atoms with van der Waals surface area (Å²) in [6.07, 6.45) is 1.97. The number of aromatic nitrogens is 2. The van der Waals surface area contributed by atoms with Crippen molar-refractivity contribution in [1.82, 2.24) is 9.38 Å². The van der Waals surface area contributed by atoms with Crippen LogP contribution in [-0.2, 0) is 0 Å². The van der Waals surface area contributed by atoms with Gasteiger partial charge in [0.15, 0.2) is 0 Å². The van der Waals surface area contributed by atoms with Crippen LogP contribution >= 0.6 is 0 Å². The van der Waals surface area contributed by atoms with Gasteiger partial charge in [0.25, 0.3) is 0 Å². The molecule has 0 spiro atoms. The van der Waals surface area contributed by atoms with Crippen LogP contribution in [0.3, 0.4) is 0 Å². The van der Waals surface area contributed by atoms with Gasteiger partial charge in [0.2, 0.25) is 0 Å². The molecule has 0 unspecified atom stereocenters. The number of nitrogens with zero attached hydrogens (tertiary/aromatic N) is 2. The minimum absolute atomic E-state index is 0.996. The van der Waals surface area contributed by atoms with Crippen LogP contribution in [0.2, 0.25) is 0 Å². The zero-order valence-corrected chi connectivity index (χ0v) is 16.8. The zero-order chi connectivity index (χ0) is 20.4. The summed E-state index contributed by atoms with van der Waals surface area (Å²) in [4.78, 5) is 4.78. The Labute approximate surface area is 179 Å². The van der Waals surface area contributed by atoms with Gasteiger partial charge >= 0.3 is 0 Å². The fourth-order valence-corrected chi connectivity index (χ4v) is 4.96. The number of pyridine rings is 1. The molecule has 0 fully saturated rings. The van der Waals surface area contributed by atoms with Crippen LogP contribution in [0.1, 0.15) is 0 Å². The van der Waals surface area contributed by atoms with Crippen molar-refractivity contribution in [2.24, 2.45) is 0 Å². The predicted molar refractivity (Wildman–Crippen MR) is 130 cm³/mol. The predicted octanol–water partition coefficient (Wildman–Crippen LogP) is 7.57.